The molecule has 0 radical (unpaired) electrons. The quantitative estimate of drug-likeness (QED) is 0.871. The van der Waals surface area contributed by atoms with Gasteiger partial charge in [-0.2, -0.15) is 0 Å². The highest BCUT2D eigenvalue weighted by molar-refractivity contribution is 5.88. The minimum absolute atomic E-state index is 0.0556. The van der Waals surface area contributed by atoms with E-state index in [9.17, 15) is 9.59 Å². The van der Waals surface area contributed by atoms with Crippen LogP contribution in [-0.4, -0.2) is 28.6 Å². The third kappa shape index (κ3) is 2.54. The standard InChI is InChI=1S/C14H16N2O3/c17-13(18)10-3-4-11-7-16(8-12(11)5-10)14(19)15-6-9-1-2-9/h3-5,9H,1-2,6-8H2,(H,15,19)(H,17,18). The fraction of sp³-hybridized carbons (Fsp3) is 0.429. The second kappa shape index (κ2) is 4.57. The van der Waals surface area contributed by atoms with Gasteiger partial charge in [0.1, 0.15) is 0 Å². The molecule has 2 amide bonds. The van der Waals surface area contributed by atoms with Crippen LogP contribution in [0.25, 0.3) is 0 Å². The summed E-state index contributed by atoms with van der Waals surface area (Å²) >= 11 is 0. The number of carbonyl (C=O) groups is 2. The molecule has 1 aliphatic heterocycles. The molecule has 0 aromatic heterocycles. The van der Waals surface area contributed by atoms with Crippen molar-refractivity contribution in [3.8, 4) is 0 Å². The van der Waals surface area contributed by atoms with Gasteiger partial charge in [0.2, 0.25) is 0 Å². The zero-order chi connectivity index (χ0) is 13.4. The van der Waals surface area contributed by atoms with Gasteiger partial charge in [0.05, 0.1) is 5.56 Å². The molecule has 0 unspecified atom stereocenters. The Bertz CT molecular complexity index is 537. The van der Waals surface area contributed by atoms with E-state index in [0.717, 1.165) is 17.7 Å². The summed E-state index contributed by atoms with van der Waals surface area (Å²) < 4.78 is 0. The van der Waals surface area contributed by atoms with Crippen molar-refractivity contribution in [3.05, 3.63) is 34.9 Å². The van der Waals surface area contributed by atoms with Gasteiger partial charge in [-0.05, 0) is 42.0 Å². The van der Waals surface area contributed by atoms with Crippen LogP contribution < -0.4 is 5.32 Å². The molecule has 2 N–H and O–H groups in total. The van der Waals surface area contributed by atoms with Crippen LogP contribution in [0.3, 0.4) is 0 Å². The van der Waals surface area contributed by atoms with Gasteiger partial charge < -0.3 is 15.3 Å². The van der Waals surface area contributed by atoms with Crippen molar-refractivity contribution in [3.63, 3.8) is 0 Å². The number of carboxylic acids is 1. The highest BCUT2D eigenvalue weighted by atomic mass is 16.4. The number of nitrogens with zero attached hydrogens (tertiary/aromatic N) is 1. The monoisotopic (exact) mass is 260 g/mol. The summed E-state index contributed by atoms with van der Waals surface area (Å²) in [6, 6.07) is 4.99. The lowest BCUT2D eigenvalue weighted by atomic mass is 10.1. The summed E-state index contributed by atoms with van der Waals surface area (Å²) in [5.41, 5.74) is 2.24. The Morgan fingerprint density at radius 2 is 2.00 bits per heavy atom. The van der Waals surface area contributed by atoms with Crippen molar-refractivity contribution in [2.45, 2.75) is 25.9 Å². The maximum atomic E-state index is 12.0. The highest BCUT2D eigenvalue weighted by Crippen LogP contribution is 2.28. The number of aromatic carboxylic acids is 1. The van der Waals surface area contributed by atoms with Gasteiger partial charge in [0, 0.05) is 19.6 Å². The van der Waals surface area contributed by atoms with Crippen molar-refractivity contribution in [2.24, 2.45) is 5.92 Å². The summed E-state index contributed by atoms with van der Waals surface area (Å²) in [7, 11) is 0. The highest BCUT2D eigenvalue weighted by Gasteiger charge is 2.26. The Morgan fingerprint density at radius 3 is 2.68 bits per heavy atom. The molecular weight excluding hydrogens is 244 g/mol. The number of carboxylic acid groups (broad SMARTS) is 1. The molecule has 0 atom stereocenters. The lowest BCUT2D eigenvalue weighted by Crippen LogP contribution is -2.37. The maximum Gasteiger partial charge on any atom is 0.335 e. The molecule has 1 heterocycles. The van der Waals surface area contributed by atoms with Crippen LogP contribution in [0.2, 0.25) is 0 Å². The van der Waals surface area contributed by atoms with Gasteiger partial charge in [0.15, 0.2) is 0 Å². The molecule has 0 bridgehead atoms. The number of rotatable bonds is 3. The van der Waals surface area contributed by atoms with Crippen LogP contribution in [0.5, 0.6) is 0 Å². The van der Waals surface area contributed by atoms with Crippen molar-refractivity contribution in [1.82, 2.24) is 10.2 Å². The van der Waals surface area contributed by atoms with Crippen LogP contribution in [0.1, 0.15) is 34.3 Å². The van der Waals surface area contributed by atoms with Gasteiger partial charge in [-0.1, -0.05) is 6.07 Å². The summed E-state index contributed by atoms with van der Waals surface area (Å²) in [6.45, 7) is 1.81. The van der Waals surface area contributed by atoms with E-state index in [4.69, 9.17) is 5.11 Å². The first kappa shape index (κ1) is 12.0. The molecule has 1 fully saturated rings. The second-order valence-corrected chi connectivity index (χ2v) is 5.27. The van der Waals surface area contributed by atoms with Crippen molar-refractivity contribution in [1.29, 1.82) is 0 Å². The minimum Gasteiger partial charge on any atom is -0.478 e. The van der Waals surface area contributed by atoms with Crippen LogP contribution in [0, 0.1) is 5.92 Å². The molecule has 1 aromatic carbocycles. The lowest BCUT2D eigenvalue weighted by molar-refractivity contribution is 0.0696. The summed E-state index contributed by atoms with van der Waals surface area (Å²) in [4.78, 5) is 24.6. The lowest BCUT2D eigenvalue weighted by Gasteiger charge is -2.16. The van der Waals surface area contributed by atoms with E-state index in [1.807, 2.05) is 0 Å². The third-order valence-corrected chi connectivity index (χ3v) is 3.70. The van der Waals surface area contributed by atoms with Crippen molar-refractivity contribution >= 4 is 12.0 Å². The Labute approximate surface area is 111 Å². The van der Waals surface area contributed by atoms with Crippen LogP contribution in [-0.2, 0) is 13.1 Å². The predicted octanol–water partition coefficient (Wildman–Crippen LogP) is 1.82. The van der Waals surface area contributed by atoms with Gasteiger partial charge in [0.25, 0.3) is 0 Å². The molecule has 0 spiro atoms. The molecule has 5 nitrogen and oxygen atoms in total. The number of benzene rings is 1. The minimum atomic E-state index is -0.931. The van der Waals surface area contributed by atoms with Gasteiger partial charge in [-0.15, -0.1) is 0 Å². The number of nitrogens with one attached hydrogen (secondary N) is 1. The first-order valence-electron chi connectivity index (χ1n) is 6.51. The Morgan fingerprint density at radius 1 is 1.26 bits per heavy atom. The summed E-state index contributed by atoms with van der Waals surface area (Å²) in [5.74, 6) is -0.271. The molecule has 5 heteroatoms. The zero-order valence-electron chi connectivity index (χ0n) is 10.6. The van der Waals surface area contributed by atoms with E-state index >= 15 is 0 Å². The molecule has 3 rings (SSSR count). The Hall–Kier alpha value is -2.04. The summed E-state index contributed by atoms with van der Waals surface area (Å²) in [6.07, 6.45) is 2.42. The van der Waals surface area contributed by atoms with E-state index in [1.165, 1.54) is 12.8 Å². The number of fused-ring (bicyclic) bond motifs is 1. The molecule has 19 heavy (non-hydrogen) atoms. The number of carbonyl (C=O) groups excluding carboxylic acids is 1. The molecule has 1 aliphatic carbocycles. The fourth-order valence-electron chi connectivity index (χ4n) is 2.34. The SMILES string of the molecule is O=C(O)c1ccc2c(c1)CN(C(=O)NCC1CC1)C2. The molecule has 1 aromatic rings. The Balaban J connectivity index is 1.65. The average molecular weight is 260 g/mol. The molecule has 2 aliphatic rings. The van der Waals surface area contributed by atoms with Crippen molar-refractivity contribution < 1.29 is 14.7 Å². The third-order valence-electron chi connectivity index (χ3n) is 3.70. The largest absolute Gasteiger partial charge is 0.478 e. The average Bonchev–Trinajstić information content (AvgIpc) is 3.12. The Kier molecular flexibility index (Phi) is 2.89. The number of hydrogen-bond donors (Lipinski definition) is 2. The number of amides is 2. The normalized spacial score (nSPS) is 17.2. The van der Waals surface area contributed by atoms with E-state index < -0.39 is 5.97 Å². The maximum absolute atomic E-state index is 12.0. The van der Waals surface area contributed by atoms with Crippen LogP contribution in [0.15, 0.2) is 18.2 Å². The van der Waals surface area contributed by atoms with E-state index in [2.05, 4.69) is 5.32 Å². The second-order valence-electron chi connectivity index (χ2n) is 5.27. The topological polar surface area (TPSA) is 69.6 Å². The zero-order valence-corrected chi connectivity index (χ0v) is 10.6. The smallest absolute Gasteiger partial charge is 0.335 e. The van der Waals surface area contributed by atoms with Gasteiger partial charge >= 0.3 is 12.0 Å². The fourth-order valence-corrected chi connectivity index (χ4v) is 2.34. The van der Waals surface area contributed by atoms with E-state index in [1.54, 1.807) is 23.1 Å². The van der Waals surface area contributed by atoms with Crippen molar-refractivity contribution in [2.75, 3.05) is 6.54 Å². The number of hydrogen-bond acceptors (Lipinski definition) is 2. The first-order valence-corrected chi connectivity index (χ1v) is 6.51. The van der Waals surface area contributed by atoms with Gasteiger partial charge in [-0.25, -0.2) is 9.59 Å². The van der Waals surface area contributed by atoms with E-state index in [-0.39, 0.29) is 11.6 Å². The molecular formula is C14H16N2O3. The molecule has 100 valence electrons. The van der Waals surface area contributed by atoms with Crippen LogP contribution >= 0.6 is 0 Å². The van der Waals surface area contributed by atoms with Gasteiger partial charge in [-0.3, -0.25) is 0 Å². The number of urea groups is 1. The predicted molar refractivity (Wildman–Crippen MR) is 68.8 cm³/mol. The van der Waals surface area contributed by atoms with Crippen LogP contribution in [0.4, 0.5) is 4.79 Å². The molecule has 1 saturated carbocycles. The van der Waals surface area contributed by atoms with E-state index in [0.29, 0.717) is 19.0 Å². The molecule has 0 saturated heterocycles. The first-order chi connectivity index (χ1) is 9.13. The summed E-state index contributed by atoms with van der Waals surface area (Å²) in [5, 5.41) is 11.9.